The molecule has 76 heavy (non-hydrogen) atoms. The van der Waals surface area contributed by atoms with Gasteiger partial charge in [-0.15, -0.1) is 0 Å². The number of para-hydroxylation sites is 1. The smallest absolute Gasteiger partial charge is 0.0558 e. The van der Waals surface area contributed by atoms with Crippen LogP contribution < -0.4 is 10.2 Å². The van der Waals surface area contributed by atoms with Crippen molar-refractivity contribution >= 4 is 51.2 Å². The molecule has 8 aromatic rings. The van der Waals surface area contributed by atoms with Crippen LogP contribution >= 0.6 is 0 Å². The molecule has 3 aliphatic rings. The molecule has 0 saturated heterocycles. The number of anilines is 4. The van der Waals surface area contributed by atoms with E-state index in [2.05, 4.69) is 272 Å². The molecule has 1 atom stereocenters. The van der Waals surface area contributed by atoms with Crippen LogP contribution in [0.3, 0.4) is 0 Å². The Morgan fingerprint density at radius 3 is 1.91 bits per heavy atom. The Labute approximate surface area is 454 Å². The summed E-state index contributed by atoms with van der Waals surface area (Å²) in [7, 11) is 0. The summed E-state index contributed by atoms with van der Waals surface area (Å²) in [4.78, 5) is 2.67. The first-order valence-electron chi connectivity index (χ1n) is 27.8. The zero-order chi connectivity index (χ0) is 53.1. The van der Waals surface area contributed by atoms with Crippen LogP contribution in [0.1, 0.15) is 108 Å². The van der Waals surface area contributed by atoms with Crippen LogP contribution in [0.2, 0.25) is 0 Å². The number of nitrogens with zero attached hydrogens (tertiary/aromatic N) is 1. The van der Waals surface area contributed by atoms with E-state index in [1.165, 1.54) is 122 Å². The molecule has 1 unspecified atom stereocenters. The average Bonchev–Trinajstić information content (AvgIpc) is 3.52. The van der Waals surface area contributed by atoms with Crippen molar-refractivity contribution in [3.63, 3.8) is 0 Å². The maximum absolute atomic E-state index is 4.22. The third-order valence-corrected chi connectivity index (χ3v) is 16.0. The lowest BCUT2D eigenvalue weighted by atomic mass is 9.83. The van der Waals surface area contributed by atoms with Gasteiger partial charge in [0.05, 0.1) is 5.69 Å². The molecule has 0 saturated carbocycles. The second-order valence-corrected chi connectivity index (χ2v) is 21.9. The van der Waals surface area contributed by atoms with Gasteiger partial charge in [-0.25, -0.2) is 0 Å². The fourth-order valence-electron chi connectivity index (χ4n) is 11.4. The molecule has 3 aliphatic carbocycles. The van der Waals surface area contributed by atoms with E-state index in [0.29, 0.717) is 5.92 Å². The standard InChI is InChI=1S/C72H68N2.C2H6/c1-47-36-37-48(2)68(40-47)74(69-45-58(53-26-15-10-16-27-53)43-64(51(69)5)55-30-19-12-20-31-55)70-46-67(61-34-23-33-59-56(38-39-62(70)71(59)61)41-49(3)72(6,7)8)73-66-35-22-21-32-60(66)65-44-57(52-24-13-9-14-25-52)42-63(50(65)4)54-28-17-11-18-29-54;1-2/h9-19,21-30,32,34-39,41-47,73H,20,31,33,40H2,1-8H3;1-2H3/b49-41+;. The van der Waals surface area contributed by atoms with E-state index < -0.39 is 0 Å². The molecule has 380 valence electrons. The van der Waals surface area contributed by atoms with E-state index in [-0.39, 0.29) is 5.41 Å². The number of rotatable bonds is 11. The molecular formula is C74H74N2. The summed E-state index contributed by atoms with van der Waals surface area (Å²) in [6, 6.07) is 58.6. The molecule has 0 bridgehead atoms. The largest absolute Gasteiger partial charge is 0.354 e. The second-order valence-electron chi connectivity index (χ2n) is 21.9. The number of allylic oxidation sites excluding steroid dienone is 10. The van der Waals surface area contributed by atoms with Crippen molar-refractivity contribution in [3.8, 4) is 44.5 Å². The van der Waals surface area contributed by atoms with Crippen molar-refractivity contribution in [2.75, 3.05) is 10.2 Å². The van der Waals surface area contributed by atoms with Gasteiger partial charge < -0.3 is 10.2 Å². The minimum atomic E-state index is 0.0399. The van der Waals surface area contributed by atoms with E-state index in [0.717, 1.165) is 37.1 Å². The van der Waals surface area contributed by atoms with Crippen molar-refractivity contribution in [1.29, 1.82) is 0 Å². The van der Waals surface area contributed by atoms with E-state index in [9.17, 15) is 0 Å². The molecule has 0 aliphatic heterocycles. The van der Waals surface area contributed by atoms with Gasteiger partial charge in [0.1, 0.15) is 0 Å². The Kier molecular flexibility index (Phi) is 15.0. The van der Waals surface area contributed by atoms with E-state index >= 15 is 0 Å². The predicted molar refractivity (Wildman–Crippen MR) is 333 cm³/mol. The summed E-state index contributed by atoms with van der Waals surface area (Å²) in [6.07, 6.45) is 22.7. The van der Waals surface area contributed by atoms with E-state index in [1.54, 1.807) is 0 Å². The third-order valence-electron chi connectivity index (χ3n) is 16.0. The highest BCUT2D eigenvalue weighted by molar-refractivity contribution is 6.10. The van der Waals surface area contributed by atoms with Gasteiger partial charge in [0.25, 0.3) is 0 Å². The lowest BCUT2D eigenvalue weighted by molar-refractivity contribution is 0.508. The molecule has 11 rings (SSSR count). The molecule has 0 fully saturated rings. The summed E-state index contributed by atoms with van der Waals surface area (Å²) in [5.41, 5.74) is 27.4. The number of hydrogen-bond donors (Lipinski definition) is 1. The normalized spacial score (nSPS) is 15.1. The van der Waals surface area contributed by atoms with Gasteiger partial charge in [0, 0.05) is 39.3 Å². The lowest BCUT2D eigenvalue weighted by Crippen LogP contribution is -2.23. The Bertz CT molecular complexity index is 3640. The quantitative estimate of drug-likeness (QED) is 0.139. The SMILES string of the molecule is CC.CC1=C(N(c2cc(-c3ccccc3)cc(C3=CC=CCC3)c2C)c2cc(Nc3ccccc3-c3cc(-c4ccccc4)cc(-c4ccccc4)c3C)c3c4c(c(/C=C(\C)C(C)(C)C)ccc24)CC=C3)CC(C)C=C1. The van der Waals surface area contributed by atoms with Crippen LogP contribution in [-0.2, 0) is 6.42 Å². The van der Waals surface area contributed by atoms with Crippen molar-refractivity contribution in [2.45, 2.75) is 94.9 Å². The number of benzene rings is 8. The van der Waals surface area contributed by atoms with Gasteiger partial charge >= 0.3 is 0 Å². The van der Waals surface area contributed by atoms with E-state index in [4.69, 9.17) is 0 Å². The fraction of sp³-hybridized carbons (Fsp3) is 0.216. The molecule has 2 heteroatoms. The number of nitrogens with one attached hydrogen (secondary N) is 1. The first-order valence-corrected chi connectivity index (χ1v) is 27.8. The van der Waals surface area contributed by atoms with Crippen molar-refractivity contribution in [2.24, 2.45) is 11.3 Å². The van der Waals surface area contributed by atoms with Crippen LogP contribution in [0, 0.1) is 25.2 Å². The monoisotopic (exact) mass is 991 g/mol. The highest BCUT2D eigenvalue weighted by atomic mass is 15.2. The fourth-order valence-corrected chi connectivity index (χ4v) is 11.4. The molecule has 8 aromatic carbocycles. The highest BCUT2D eigenvalue weighted by Gasteiger charge is 2.29. The van der Waals surface area contributed by atoms with Gasteiger partial charge in [-0.2, -0.15) is 0 Å². The molecule has 1 N–H and O–H groups in total. The van der Waals surface area contributed by atoms with E-state index in [1.807, 2.05) is 13.8 Å². The molecule has 0 amide bonds. The van der Waals surface area contributed by atoms with Gasteiger partial charge in [0.2, 0.25) is 0 Å². The minimum Gasteiger partial charge on any atom is -0.354 e. The van der Waals surface area contributed by atoms with Crippen molar-refractivity contribution in [3.05, 3.63) is 244 Å². The van der Waals surface area contributed by atoms with Gasteiger partial charge in [-0.3, -0.25) is 0 Å². The van der Waals surface area contributed by atoms with Crippen molar-refractivity contribution < 1.29 is 0 Å². The van der Waals surface area contributed by atoms with Crippen molar-refractivity contribution in [1.82, 2.24) is 0 Å². The maximum atomic E-state index is 4.22. The van der Waals surface area contributed by atoms with Gasteiger partial charge in [0.15, 0.2) is 0 Å². The predicted octanol–water partition coefficient (Wildman–Crippen LogP) is 21.7. The summed E-state index contributed by atoms with van der Waals surface area (Å²) < 4.78 is 0. The zero-order valence-electron chi connectivity index (χ0n) is 46.5. The molecule has 0 heterocycles. The Hall–Kier alpha value is -7.94. The third kappa shape index (κ3) is 10.3. The molecule has 0 radical (unpaired) electrons. The van der Waals surface area contributed by atoms with Crippen LogP contribution in [0.25, 0.3) is 73.0 Å². The Morgan fingerprint density at radius 1 is 0.605 bits per heavy atom. The average molecular weight is 991 g/mol. The zero-order valence-corrected chi connectivity index (χ0v) is 46.5. The topological polar surface area (TPSA) is 15.3 Å². The van der Waals surface area contributed by atoms with Crippen LogP contribution in [0.4, 0.5) is 22.7 Å². The maximum Gasteiger partial charge on any atom is 0.0558 e. The summed E-state index contributed by atoms with van der Waals surface area (Å²) in [5.74, 6) is 0.375. The summed E-state index contributed by atoms with van der Waals surface area (Å²) >= 11 is 0. The second kappa shape index (κ2) is 22.1. The van der Waals surface area contributed by atoms with Gasteiger partial charge in [-0.05, 0) is 184 Å². The highest BCUT2D eigenvalue weighted by Crippen LogP contribution is 2.50. The Balaban J connectivity index is 0.00000325. The molecule has 2 nitrogen and oxygen atoms in total. The van der Waals surface area contributed by atoms with Crippen LogP contribution in [0.15, 0.2) is 211 Å². The molecular weight excluding hydrogens is 917 g/mol. The Morgan fingerprint density at radius 2 is 1.24 bits per heavy atom. The summed E-state index contributed by atoms with van der Waals surface area (Å²) in [5, 5.41) is 6.79. The molecule has 0 aromatic heterocycles. The minimum absolute atomic E-state index is 0.0399. The first kappa shape index (κ1) is 51.5. The first-order chi connectivity index (χ1) is 36.9. The van der Waals surface area contributed by atoms with Crippen LogP contribution in [0.5, 0.6) is 0 Å². The molecule has 0 spiro atoms. The van der Waals surface area contributed by atoms with Crippen LogP contribution in [-0.4, -0.2) is 0 Å². The van der Waals surface area contributed by atoms with Gasteiger partial charge in [-0.1, -0.05) is 217 Å². The summed E-state index contributed by atoms with van der Waals surface area (Å²) in [6.45, 7) is 22.6. The number of hydrogen-bond acceptors (Lipinski definition) is 2. The lowest BCUT2D eigenvalue weighted by Gasteiger charge is -2.36.